The molecule has 2 aromatic carbocycles. The summed E-state index contributed by atoms with van der Waals surface area (Å²) in [5.74, 6) is -0.565. The fourth-order valence-electron chi connectivity index (χ4n) is 2.30. The average molecular weight is 301 g/mol. The van der Waals surface area contributed by atoms with E-state index in [4.69, 9.17) is 11.5 Å². The molecule has 0 bridgehead atoms. The maximum absolute atomic E-state index is 13.3. The van der Waals surface area contributed by atoms with Crippen LogP contribution in [0.15, 0.2) is 42.5 Å². The summed E-state index contributed by atoms with van der Waals surface area (Å²) in [5.41, 5.74) is 13.7. The summed E-state index contributed by atoms with van der Waals surface area (Å²) in [5, 5.41) is 2.57. The van der Waals surface area contributed by atoms with Crippen LogP contribution in [0.1, 0.15) is 18.9 Å². The Morgan fingerprint density at radius 3 is 2.55 bits per heavy atom. The highest BCUT2D eigenvalue weighted by molar-refractivity contribution is 5.77. The van der Waals surface area contributed by atoms with E-state index in [-0.39, 0.29) is 18.0 Å². The van der Waals surface area contributed by atoms with E-state index in [1.165, 1.54) is 6.07 Å². The topological polar surface area (TPSA) is 81.1 Å². The molecule has 2 rings (SSSR count). The van der Waals surface area contributed by atoms with Gasteiger partial charge in [-0.05, 0) is 41.8 Å². The summed E-state index contributed by atoms with van der Waals surface area (Å²) in [7, 11) is 1.58. The number of carbonyl (C=O) groups excluding carboxylic acids is 1. The number of hydrogen-bond acceptors (Lipinski definition) is 3. The third-order valence-corrected chi connectivity index (χ3v) is 3.66. The van der Waals surface area contributed by atoms with Crippen molar-refractivity contribution in [3.63, 3.8) is 0 Å². The van der Waals surface area contributed by atoms with E-state index in [1.54, 1.807) is 26.1 Å². The monoisotopic (exact) mass is 301 g/mol. The van der Waals surface area contributed by atoms with Crippen LogP contribution in [0.5, 0.6) is 0 Å². The molecule has 5 N–H and O–H groups in total. The molecule has 4 nitrogen and oxygen atoms in total. The number of nitrogens with two attached hydrogens (primary N) is 2. The molecule has 0 saturated heterocycles. The number of carbonyl (C=O) groups is 1. The number of halogens is 1. The van der Waals surface area contributed by atoms with Gasteiger partial charge in [0.15, 0.2) is 0 Å². The third kappa shape index (κ3) is 3.43. The van der Waals surface area contributed by atoms with Crippen molar-refractivity contribution in [3.8, 4) is 11.1 Å². The second-order valence-electron chi connectivity index (χ2n) is 5.58. The van der Waals surface area contributed by atoms with E-state index >= 15 is 0 Å². The molecule has 5 heteroatoms. The largest absolute Gasteiger partial charge is 0.396 e. The van der Waals surface area contributed by atoms with Crippen molar-refractivity contribution >= 4 is 11.6 Å². The average Bonchev–Trinajstić information content (AvgIpc) is 2.49. The van der Waals surface area contributed by atoms with Gasteiger partial charge in [0.05, 0.1) is 5.69 Å². The molecule has 0 saturated carbocycles. The molecule has 0 unspecified atom stereocenters. The molecule has 1 amide bonds. The molecule has 1 atom stereocenters. The van der Waals surface area contributed by atoms with Gasteiger partial charge in [0.2, 0.25) is 5.91 Å². The van der Waals surface area contributed by atoms with E-state index in [2.05, 4.69) is 5.32 Å². The highest BCUT2D eigenvalue weighted by Crippen LogP contribution is 2.28. The molecule has 116 valence electrons. The first-order valence-corrected chi connectivity index (χ1v) is 6.99. The fraction of sp³-hybridized carbons (Fsp3) is 0.235. The Kier molecular flexibility index (Phi) is 4.47. The molecule has 0 fully saturated rings. The number of rotatable bonds is 4. The zero-order valence-electron chi connectivity index (χ0n) is 12.7. The van der Waals surface area contributed by atoms with E-state index < -0.39 is 11.4 Å². The zero-order chi connectivity index (χ0) is 16.3. The van der Waals surface area contributed by atoms with Crippen molar-refractivity contribution < 1.29 is 9.18 Å². The minimum absolute atomic E-state index is 0.101. The van der Waals surface area contributed by atoms with Crippen LogP contribution in [-0.2, 0) is 10.3 Å². The molecule has 0 spiro atoms. The van der Waals surface area contributed by atoms with Gasteiger partial charge < -0.3 is 16.8 Å². The summed E-state index contributed by atoms with van der Waals surface area (Å²) < 4.78 is 13.3. The van der Waals surface area contributed by atoms with Crippen LogP contribution in [0.25, 0.3) is 11.1 Å². The summed E-state index contributed by atoms with van der Waals surface area (Å²) in [6.07, 6.45) is 0.179. The van der Waals surface area contributed by atoms with Gasteiger partial charge in [-0.3, -0.25) is 4.79 Å². The van der Waals surface area contributed by atoms with Crippen molar-refractivity contribution in [2.24, 2.45) is 5.73 Å². The van der Waals surface area contributed by atoms with Crippen molar-refractivity contribution in [2.75, 3.05) is 12.8 Å². The highest BCUT2D eigenvalue weighted by Gasteiger charge is 2.24. The van der Waals surface area contributed by atoms with Gasteiger partial charge in [-0.2, -0.15) is 0 Å². The summed E-state index contributed by atoms with van der Waals surface area (Å²) in [6, 6.07) is 12.1. The Hall–Kier alpha value is -2.40. The molecule has 0 heterocycles. The first-order valence-electron chi connectivity index (χ1n) is 6.99. The van der Waals surface area contributed by atoms with Crippen molar-refractivity contribution in [2.45, 2.75) is 18.9 Å². The predicted octanol–water partition coefficient (Wildman–Crippen LogP) is 2.38. The number of amides is 1. The number of nitrogens with one attached hydrogen (secondary N) is 1. The third-order valence-electron chi connectivity index (χ3n) is 3.66. The highest BCUT2D eigenvalue weighted by atomic mass is 19.1. The summed E-state index contributed by atoms with van der Waals surface area (Å²) >= 11 is 0. The minimum atomic E-state index is -0.790. The SMILES string of the molecule is CNC(=O)C[C@](C)(N)c1cccc(-c2ccc(F)c(N)c2)c1. The van der Waals surface area contributed by atoms with Gasteiger partial charge in [-0.25, -0.2) is 4.39 Å². The lowest BCUT2D eigenvalue weighted by Gasteiger charge is -2.25. The van der Waals surface area contributed by atoms with Crippen LogP contribution in [0, 0.1) is 5.82 Å². The predicted molar refractivity (Wildman–Crippen MR) is 86.5 cm³/mol. The van der Waals surface area contributed by atoms with Crippen LogP contribution in [0.3, 0.4) is 0 Å². The number of anilines is 1. The van der Waals surface area contributed by atoms with Crippen LogP contribution < -0.4 is 16.8 Å². The number of benzene rings is 2. The Morgan fingerprint density at radius 2 is 1.91 bits per heavy atom. The van der Waals surface area contributed by atoms with Gasteiger partial charge in [-0.1, -0.05) is 24.3 Å². The van der Waals surface area contributed by atoms with Gasteiger partial charge in [0, 0.05) is 19.0 Å². The van der Waals surface area contributed by atoms with Gasteiger partial charge in [0.1, 0.15) is 5.82 Å². The molecule has 0 aliphatic rings. The second-order valence-corrected chi connectivity index (χ2v) is 5.58. The minimum Gasteiger partial charge on any atom is -0.396 e. The van der Waals surface area contributed by atoms with E-state index in [0.717, 1.165) is 16.7 Å². The number of hydrogen-bond donors (Lipinski definition) is 3. The van der Waals surface area contributed by atoms with E-state index in [1.807, 2.05) is 24.3 Å². The molecule has 0 aliphatic heterocycles. The quantitative estimate of drug-likeness (QED) is 0.758. The van der Waals surface area contributed by atoms with Crippen molar-refractivity contribution in [1.82, 2.24) is 5.32 Å². The molecule has 0 radical (unpaired) electrons. The lowest BCUT2D eigenvalue weighted by Crippen LogP contribution is -2.38. The smallest absolute Gasteiger partial charge is 0.221 e. The van der Waals surface area contributed by atoms with Crippen LogP contribution in [0.2, 0.25) is 0 Å². The Bertz CT molecular complexity index is 698. The maximum Gasteiger partial charge on any atom is 0.221 e. The lowest BCUT2D eigenvalue weighted by molar-refractivity contribution is -0.121. The molecule has 2 aromatic rings. The van der Waals surface area contributed by atoms with E-state index in [9.17, 15) is 9.18 Å². The number of nitrogen functional groups attached to an aromatic ring is 1. The molecule has 0 aliphatic carbocycles. The molecule has 22 heavy (non-hydrogen) atoms. The van der Waals surface area contributed by atoms with Gasteiger partial charge >= 0.3 is 0 Å². The fourth-order valence-corrected chi connectivity index (χ4v) is 2.30. The van der Waals surface area contributed by atoms with Crippen LogP contribution >= 0.6 is 0 Å². The normalized spacial score (nSPS) is 13.5. The van der Waals surface area contributed by atoms with Gasteiger partial charge in [0.25, 0.3) is 0 Å². The zero-order valence-corrected chi connectivity index (χ0v) is 12.7. The molecular weight excluding hydrogens is 281 g/mol. The lowest BCUT2D eigenvalue weighted by atomic mass is 9.87. The second kappa shape index (κ2) is 6.15. The van der Waals surface area contributed by atoms with Crippen LogP contribution in [-0.4, -0.2) is 13.0 Å². The summed E-state index contributed by atoms with van der Waals surface area (Å²) in [4.78, 5) is 11.6. The van der Waals surface area contributed by atoms with Crippen molar-refractivity contribution in [1.29, 1.82) is 0 Å². The standard InChI is InChI=1S/C17H20FN3O/c1-17(20,10-16(22)21-2)13-5-3-4-11(8-13)12-6-7-14(18)15(19)9-12/h3-9H,10,19-20H2,1-2H3,(H,21,22)/t17-/m0/s1. The first-order chi connectivity index (χ1) is 10.3. The van der Waals surface area contributed by atoms with Crippen molar-refractivity contribution in [3.05, 3.63) is 53.8 Å². The van der Waals surface area contributed by atoms with Gasteiger partial charge in [-0.15, -0.1) is 0 Å². The molecular formula is C17H20FN3O. The molecule has 0 aromatic heterocycles. The first kappa shape index (κ1) is 16.0. The Balaban J connectivity index is 2.37. The Labute approximate surface area is 129 Å². The maximum atomic E-state index is 13.3. The van der Waals surface area contributed by atoms with Crippen LogP contribution in [0.4, 0.5) is 10.1 Å². The Morgan fingerprint density at radius 1 is 1.23 bits per heavy atom. The summed E-state index contributed by atoms with van der Waals surface area (Å²) in [6.45, 7) is 1.81. The van der Waals surface area contributed by atoms with E-state index in [0.29, 0.717) is 0 Å².